The summed E-state index contributed by atoms with van der Waals surface area (Å²) in [6.45, 7) is 6.42. The Morgan fingerprint density at radius 3 is 2.82 bits per heavy atom. The topological polar surface area (TPSA) is 78.8 Å². The van der Waals surface area contributed by atoms with Gasteiger partial charge in [0.25, 0.3) is 0 Å². The van der Waals surface area contributed by atoms with Gasteiger partial charge in [0, 0.05) is 43.9 Å². The molecule has 0 unspecified atom stereocenters. The summed E-state index contributed by atoms with van der Waals surface area (Å²) in [4.78, 5) is 15.8. The van der Waals surface area contributed by atoms with Gasteiger partial charge in [-0.3, -0.25) is 14.6 Å². The first kappa shape index (κ1) is 18.7. The van der Waals surface area contributed by atoms with Crippen molar-refractivity contribution in [3.63, 3.8) is 0 Å². The number of piperidine rings is 1. The standard InChI is InChI=1S/C20H26N6OS/c1-14-12-15(2)26(24-14)10-7-20(27)21-16-5-8-25(9-6-16)19-13-17(22-23-19)18-4-3-11-28-18/h3-4,11-13,16H,5-10H2,1-2H3,(H,21,27)(H,22,23). The Bertz CT molecular complexity index is 921. The van der Waals surface area contributed by atoms with Crippen LogP contribution in [0.3, 0.4) is 0 Å². The number of aromatic nitrogens is 4. The molecule has 28 heavy (non-hydrogen) atoms. The number of aromatic amines is 1. The molecule has 7 nitrogen and oxygen atoms in total. The van der Waals surface area contributed by atoms with Crippen molar-refractivity contribution in [1.82, 2.24) is 25.3 Å². The normalized spacial score (nSPS) is 15.1. The number of carbonyl (C=O) groups excluding carboxylic acids is 1. The predicted octanol–water partition coefficient (Wildman–Crippen LogP) is 3.13. The predicted molar refractivity (Wildman–Crippen MR) is 112 cm³/mol. The lowest BCUT2D eigenvalue weighted by Gasteiger charge is -2.32. The Kier molecular flexibility index (Phi) is 5.47. The maximum atomic E-state index is 12.3. The Morgan fingerprint density at radius 1 is 1.32 bits per heavy atom. The van der Waals surface area contributed by atoms with Crippen LogP contribution in [0.15, 0.2) is 29.6 Å². The highest BCUT2D eigenvalue weighted by Crippen LogP contribution is 2.27. The fourth-order valence-electron chi connectivity index (χ4n) is 3.69. The molecular formula is C20H26N6OS. The second kappa shape index (κ2) is 8.18. The molecule has 0 aromatic carbocycles. The van der Waals surface area contributed by atoms with Crippen LogP contribution in [0.25, 0.3) is 10.6 Å². The highest BCUT2D eigenvalue weighted by molar-refractivity contribution is 7.13. The van der Waals surface area contributed by atoms with E-state index in [2.05, 4.69) is 43.0 Å². The van der Waals surface area contributed by atoms with Crippen LogP contribution < -0.4 is 10.2 Å². The number of amides is 1. The lowest BCUT2D eigenvalue weighted by molar-refractivity contribution is -0.122. The van der Waals surface area contributed by atoms with Gasteiger partial charge in [0.2, 0.25) is 5.91 Å². The first-order chi connectivity index (χ1) is 13.6. The van der Waals surface area contributed by atoms with Gasteiger partial charge in [0.15, 0.2) is 5.82 Å². The number of aryl methyl sites for hydroxylation is 3. The molecule has 0 saturated carbocycles. The minimum Gasteiger partial charge on any atom is -0.355 e. The zero-order chi connectivity index (χ0) is 19.5. The van der Waals surface area contributed by atoms with Crippen molar-refractivity contribution in [3.8, 4) is 10.6 Å². The van der Waals surface area contributed by atoms with Crippen LogP contribution in [0.4, 0.5) is 5.82 Å². The van der Waals surface area contributed by atoms with Crippen LogP contribution in [0.1, 0.15) is 30.7 Å². The summed E-state index contributed by atoms with van der Waals surface area (Å²) in [7, 11) is 0. The van der Waals surface area contributed by atoms with Gasteiger partial charge in [-0.1, -0.05) is 6.07 Å². The number of rotatable bonds is 6. The van der Waals surface area contributed by atoms with Crippen molar-refractivity contribution in [2.24, 2.45) is 0 Å². The van der Waals surface area contributed by atoms with E-state index in [0.29, 0.717) is 13.0 Å². The molecule has 0 atom stereocenters. The van der Waals surface area contributed by atoms with E-state index in [1.54, 1.807) is 11.3 Å². The molecule has 4 heterocycles. The van der Waals surface area contributed by atoms with Crippen molar-refractivity contribution < 1.29 is 4.79 Å². The second-order valence-corrected chi connectivity index (χ2v) is 8.29. The molecule has 2 N–H and O–H groups in total. The van der Waals surface area contributed by atoms with Crippen LogP contribution >= 0.6 is 11.3 Å². The molecule has 3 aromatic heterocycles. The molecule has 1 fully saturated rings. The van der Waals surface area contributed by atoms with Gasteiger partial charge in [-0.15, -0.1) is 11.3 Å². The van der Waals surface area contributed by atoms with Crippen LogP contribution in [-0.4, -0.2) is 45.0 Å². The Hall–Kier alpha value is -2.61. The summed E-state index contributed by atoms with van der Waals surface area (Å²) >= 11 is 1.70. The van der Waals surface area contributed by atoms with E-state index in [1.165, 1.54) is 4.88 Å². The molecule has 3 aromatic rings. The number of H-pyrrole nitrogens is 1. The molecule has 148 valence electrons. The first-order valence-electron chi connectivity index (χ1n) is 9.73. The number of carbonyl (C=O) groups is 1. The van der Waals surface area contributed by atoms with Crippen molar-refractivity contribution in [3.05, 3.63) is 41.0 Å². The third-order valence-electron chi connectivity index (χ3n) is 5.19. The molecule has 0 bridgehead atoms. The van der Waals surface area contributed by atoms with Gasteiger partial charge in [0.1, 0.15) is 0 Å². The molecule has 1 aliphatic heterocycles. The van der Waals surface area contributed by atoms with Gasteiger partial charge < -0.3 is 10.2 Å². The van der Waals surface area contributed by atoms with Crippen molar-refractivity contribution in [2.75, 3.05) is 18.0 Å². The molecule has 1 aliphatic rings. The number of hydrogen-bond acceptors (Lipinski definition) is 5. The Morgan fingerprint density at radius 2 is 2.14 bits per heavy atom. The fraction of sp³-hybridized carbons (Fsp3) is 0.450. The average Bonchev–Trinajstić information content (AvgIpc) is 3.41. The first-order valence-corrected chi connectivity index (χ1v) is 10.6. The number of nitrogens with one attached hydrogen (secondary N) is 2. The lowest BCUT2D eigenvalue weighted by Crippen LogP contribution is -2.45. The monoisotopic (exact) mass is 398 g/mol. The van der Waals surface area contributed by atoms with Gasteiger partial charge in [-0.05, 0) is 44.2 Å². The van der Waals surface area contributed by atoms with Crippen molar-refractivity contribution in [1.29, 1.82) is 0 Å². The lowest BCUT2D eigenvalue weighted by atomic mass is 10.0. The SMILES string of the molecule is Cc1cc(C)n(CCC(=O)NC2CCN(c3cc(-c4cccs4)[nH]n3)CC2)n1. The summed E-state index contributed by atoms with van der Waals surface area (Å²) in [6, 6.07) is 8.52. The summed E-state index contributed by atoms with van der Waals surface area (Å²) < 4.78 is 1.90. The van der Waals surface area contributed by atoms with Gasteiger partial charge in [-0.25, -0.2) is 0 Å². The van der Waals surface area contributed by atoms with E-state index in [0.717, 1.165) is 48.8 Å². The molecule has 0 radical (unpaired) electrons. The quantitative estimate of drug-likeness (QED) is 0.669. The zero-order valence-corrected chi connectivity index (χ0v) is 17.1. The Labute approximate surface area is 168 Å². The molecule has 4 rings (SSSR count). The summed E-state index contributed by atoms with van der Waals surface area (Å²) in [5.74, 6) is 1.09. The highest BCUT2D eigenvalue weighted by Gasteiger charge is 2.22. The summed E-state index contributed by atoms with van der Waals surface area (Å²) in [6.07, 6.45) is 2.34. The van der Waals surface area contributed by atoms with Gasteiger partial charge in [-0.2, -0.15) is 10.2 Å². The number of nitrogens with zero attached hydrogens (tertiary/aromatic N) is 4. The van der Waals surface area contributed by atoms with E-state index < -0.39 is 0 Å². The largest absolute Gasteiger partial charge is 0.355 e. The molecular weight excluding hydrogens is 372 g/mol. The number of anilines is 1. The van der Waals surface area contributed by atoms with E-state index >= 15 is 0 Å². The van der Waals surface area contributed by atoms with Crippen LogP contribution in [0.2, 0.25) is 0 Å². The minimum atomic E-state index is 0.103. The summed E-state index contributed by atoms with van der Waals surface area (Å²) in [5.41, 5.74) is 3.15. The van der Waals surface area contributed by atoms with Gasteiger partial charge in [0.05, 0.1) is 16.3 Å². The molecule has 1 amide bonds. The van der Waals surface area contributed by atoms with Crippen LogP contribution in [0, 0.1) is 13.8 Å². The maximum absolute atomic E-state index is 12.3. The Balaban J connectivity index is 1.24. The maximum Gasteiger partial charge on any atom is 0.222 e. The zero-order valence-electron chi connectivity index (χ0n) is 16.3. The number of hydrogen-bond donors (Lipinski definition) is 2. The van der Waals surface area contributed by atoms with E-state index in [-0.39, 0.29) is 11.9 Å². The van der Waals surface area contributed by atoms with Crippen molar-refractivity contribution >= 4 is 23.1 Å². The van der Waals surface area contributed by atoms with E-state index in [1.807, 2.05) is 30.7 Å². The van der Waals surface area contributed by atoms with Crippen LogP contribution in [-0.2, 0) is 11.3 Å². The highest BCUT2D eigenvalue weighted by atomic mass is 32.1. The number of thiophene rings is 1. The molecule has 8 heteroatoms. The summed E-state index contributed by atoms with van der Waals surface area (Å²) in [5, 5.41) is 17.3. The second-order valence-electron chi connectivity index (χ2n) is 7.35. The molecule has 1 saturated heterocycles. The van der Waals surface area contributed by atoms with Crippen molar-refractivity contribution in [2.45, 2.75) is 45.7 Å². The minimum absolute atomic E-state index is 0.103. The van der Waals surface area contributed by atoms with E-state index in [4.69, 9.17) is 0 Å². The molecule has 0 spiro atoms. The average molecular weight is 399 g/mol. The third-order valence-corrected chi connectivity index (χ3v) is 6.09. The third kappa shape index (κ3) is 4.27. The fourth-order valence-corrected chi connectivity index (χ4v) is 4.39. The smallest absolute Gasteiger partial charge is 0.222 e. The molecule has 0 aliphatic carbocycles. The van der Waals surface area contributed by atoms with Crippen LogP contribution in [0.5, 0.6) is 0 Å². The van der Waals surface area contributed by atoms with Gasteiger partial charge >= 0.3 is 0 Å². The van der Waals surface area contributed by atoms with E-state index in [9.17, 15) is 4.79 Å².